The quantitative estimate of drug-likeness (QED) is 0.296. The fraction of sp³-hybridized carbons (Fsp3) is 0.111. The van der Waals surface area contributed by atoms with Crippen LogP contribution in [0.3, 0.4) is 0 Å². The topological polar surface area (TPSA) is 143 Å². The van der Waals surface area contributed by atoms with Crippen molar-refractivity contribution in [2.75, 3.05) is 5.73 Å². The number of aromatic carboxylic acids is 1. The van der Waals surface area contributed by atoms with Crippen LogP contribution in [0.5, 0.6) is 0 Å². The number of carboxylic acid groups (broad SMARTS) is 1. The highest BCUT2D eigenvalue weighted by Gasteiger charge is 2.15. The Balaban J connectivity index is 1.50. The first kappa shape index (κ1) is 24.2. The van der Waals surface area contributed by atoms with Crippen LogP contribution in [0.15, 0.2) is 95.3 Å². The summed E-state index contributed by atoms with van der Waals surface area (Å²) < 4.78 is 0. The summed E-state index contributed by atoms with van der Waals surface area (Å²) in [5.74, 6) is -0.979. The Labute approximate surface area is 207 Å². The third kappa shape index (κ3) is 5.95. The van der Waals surface area contributed by atoms with E-state index in [0.717, 1.165) is 5.56 Å². The molecular formula is C27H24N6O3. The number of nitrogens with one attached hydrogen (secondary N) is 1. The summed E-state index contributed by atoms with van der Waals surface area (Å²) in [4.78, 5) is 32.6. The molecule has 0 aliphatic carbocycles. The maximum Gasteiger partial charge on any atom is 0.335 e. The van der Waals surface area contributed by atoms with Gasteiger partial charge in [-0.3, -0.25) is 4.79 Å². The lowest BCUT2D eigenvalue weighted by Gasteiger charge is -2.11. The second kappa shape index (κ2) is 11.0. The van der Waals surface area contributed by atoms with Crippen LogP contribution >= 0.6 is 0 Å². The fourth-order valence-corrected chi connectivity index (χ4v) is 3.44. The summed E-state index contributed by atoms with van der Waals surface area (Å²) in [6.07, 6.45) is 1.55. The minimum absolute atomic E-state index is 0.167. The predicted octanol–water partition coefficient (Wildman–Crippen LogP) is 5.20. The molecule has 1 atom stereocenters. The van der Waals surface area contributed by atoms with Crippen molar-refractivity contribution in [2.45, 2.75) is 19.5 Å². The Hall–Kier alpha value is -4.92. The molecule has 180 valence electrons. The largest absolute Gasteiger partial charge is 0.478 e. The van der Waals surface area contributed by atoms with Gasteiger partial charge in [0.1, 0.15) is 17.6 Å². The number of amides is 1. The van der Waals surface area contributed by atoms with Crippen LogP contribution in [0.4, 0.5) is 11.5 Å². The molecule has 0 saturated heterocycles. The number of carboxylic acids is 1. The number of benzene rings is 3. The van der Waals surface area contributed by atoms with Crippen molar-refractivity contribution >= 4 is 23.4 Å². The SMILES string of the molecule is CC(N=Nc1ccc(C(=O)O)cc1)c1nc(-c2cccc(C(=O)NCc3ccccc3)c2)cnc1N. The summed E-state index contributed by atoms with van der Waals surface area (Å²) >= 11 is 0. The van der Waals surface area contributed by atoms with Gasteiger partial charge in [0.2, 0.25) is 0 Å². The van der Waals surface area contributed by atoms with Crippen molar-refractivity contribution in [3.63, 3.8) is 0 Å². The zero-order chi connectivity index (χ0) is 25.5. The number of azo groups is 1. The first-order valence-electron chi connectivity index (χ1n) is 11.2. The molecule has 4 aromatic rings. The maximum atomic E-state index is 12.7. The van der Waals surface area contributed by atoms with Gasteiger partial charge in [-0.05, 0) is 48.9 Å². The molecule has 0 bridgehead atoms. The van der Waals surface area contributed by atoms with E-state index in [4.69, 9.17) is 10.8 Å². The number of hydrogen-bond donors (Lipinski definition) is 3. The van der Waals surface area contributed by atoms with Gasteiger partial charge in [-0.2, -0.15) is 10.2 Å². The van der Waals surface area contributed by atoms with Crippen LogP contribution in [-0.2, 0) is 6.54 Å². The highest BCUT2D eigenvalue weighted by molar-refractivity contribution is 5.95. The Morgan fingerprint density at radius 1 is 1.00 bits per heavy atom. The van der Waals surface area contributed by atoms with E-state index >= 15 is 0 Å². The van der Waals surface area contributed by atoms with Gasteiger partial charge in [-0.1, -0.05) is 42.5 Å². The van der Waals surface area contributed by atoms with Gasteiger partial charge in [0.05, 0.1) is 23.1 Å². The minimum atomic E-state index is -1.01. The lowest BCUT2D eigenvalue weighted by atomic mass is 10.1. The Morgan fingerprint density at radius 2 is 1.75 bits per heavy atom. The molecule has 9 nitrogen and oxygen atoms in total. The molecule has 9 heteroatoms. The second-order valence-corrected chi connectivity index (χ2v) is 8.02. The molecule has 4 N–H and O–H groups in total. The first-order chi connectivity index (χ1) is 17.4. The van der Waals surface area contributed by atoms with E-state index in [1.807, 2.05) is 36.4 Å². The summed E-state index contributed by atoms with van der Waals surface area (Å²) in [6.45, 7) is 2.21. The molecule has 1 unspecified atom stereocenters. The lowest BCUT2D eigenvalue weighted by molar-refractivity contribution is 0.0696. The van der Waals surface area contributed by atoms with Crippen molar-refractivity contribution in [1.82, 2.24) is 15.3 Å². The minimum Gasteiger partial charge on any atom is -0.478 e. The molecule has 1 amide bonds. The van der Waals surface area contributed by atoms with Gasteiger partial charge in [0.15, 0.2) is 0 Å². The summed E-state index contributed by atoms with van der Waals surface area (Å²) in [6, 6.07) is 22.3. The van der Waals surface area contributed by atoms with E-state index in [9.17, 15) is 9.59 Å². The van der Waals surface area contributed by atoms with Gasteiger partial charge < -0.3 is 16.2 Å². The van der Waals surface area contributed by atoms with Gasteiger partial charge in [-0.15, -0.1) is 0 Å². The van der Waals surface area contributed by atoms with E-state index in [2.05, 4.69) is 25.5 Å². The Morgan fingerprint density at radius 3 is 2.47 bits per heavy atom. The number of carbonyl (C=O) groups excluding carboxylic acids is 1. The molecule has 36 heavy (non-hydrogen) atoms. The molecule has 0 radical (unpaired) electrons. The average molecular weight is 481 g/mol. The normalized spacial score (nSPS) is 11.8. The maximum absolute atomic E-state index is 12.7. The van der Waals surface area contributed by atoms with Gasteiger partial charge in [0.25, 0.3) is 5.91 Å². The summed E-state index contributed by atoms with van der Waals surface area (Å²) in [7, 11) is 0. The van der Waals surface area contributed by atoms with Gasteiger partial charge in [0, 0.05) is 17.7 Å². The number of carbonyl (C=O) groups is 2. The fourth-order valence-electron chi connectivity index (χ4n) is 3.44. The van der Waals surface area contributed by atoms with E-state index in [1.165, 1.54) is 12.1 Å². The molecule has 4 rings (SSSR count). The molecular weight excluding hydrogens is 456 g/mol. The van der Waals surface area contributed by atoms with E-state index in [1.54, 1.807) is 43.5 Å². The van der Waals surface area contributed by atoms with Gasteiger partial charge in [-0.25, -0.2) is 14.8 Å². The van der Waals surface area contributed by atoms with E-state index < -0.39 is 12.0 Å². The molecule has 0 aliphatic heterocycles. The predicted molar refractivity (Wildman–Crippen MR) is 136 cm³/mol. The van der Waals surface area contributed by atoms with Crippen molar-refractivity contribution in [2.24, 2.45) is 10.2 Å². The van der Waals surface area contributed by atoms with Crippen molar-refractivity contribution in [3.8, 4) is 11.3 Å². The zero-order valence-corrected chi connectivity index (χ0v) is 19.5. The summed E-state index contributed by atoms with van der Waals surface area (Å²) in [5.41, 5.74) is 9.94. The Bertz CT molecular complexity index is 1400. The highest BCUT2D eigenvalue weighted by Crippen LogP contribution is 2.26. The number of aromatic nitrogens is 2. The third-order valence-corrected chi connectivity index (χ3v) is 5.40. The second-order valence-electron chi connectivity index (χ2n) is 8.02. The van der Waals surface area contributed by atoms with Crippen molar-refractivity contribution in [1.29, 1.82) is 0 Å². The van der Waals surface area contributed by atoms with Crippen LogP contribution < -0.4 is 11.1 Å². The van der Waals surface area contributed by atoms with E-state index in [0.29, 0.717) is 34.7 Å². The number of nitrogens with two attached hydrogens (primary N) is 1. The number of hydrogen-bond acceptors (Lipinski definition) is 7. The molecule has 0 aliphatic rings. The van der Waals surface area contributed by atoms with Crippen LogP contribution in [0.1, 0.15) is 44.9 Å². The summed E-state index contributed by atoms with van der Waals surface area (Å²) in [5, 5.41) is 20.4. The van der Waals surface area contributed by atoms with Crippen LogP contribution in [0, 0.1) is 0 Å². The zero-order valence-electron chi connectivity index (χ0n) is 19.5. The first-order valence-corrected chi connectivity index (χ1v) is 11.2. The molecule has 1 aromatic heterocycles. The number of anilines is 1. The van der Waals surface area contributed by atoms with Crippen LogP contribution in [0.25, 0.3) is 11.3 Å². The van der Waals surface area contributed by atoms with Crippen molar-refractivity contribution in [3.05, 3.63) is 107 Å². The van der Waals surface area contributed by atoms with Gasteiger partial charge >= 0.3 is 5.97 Å². The molecule has 0 fully saturated rings. The smallest absolute Gasteiger partial charge is 0.335 e. The van der Waals surface area contributed by atoms with Crippen molar-refractivity contribution < 1.29 is 14.7 Å². The van der Waals surface area contributed by atoms with Crippen LogP contribution in [0.2, 0.25) is 0 Å². The molecule has 3 aromatic carbocycles. The van der Waals surface area contributed by atoms with Crippen LogP contribution in [-0.4, -0.2) is 27.0 Å². The number of nitrogen functional groups attached to an aromatic ring is 1. The number of nitrogens with zero attached hydrogens (tertiary/aromatic N) is 4. The standard InChI is InChI=1S/C27H24N6O3/c1-17(32-33-22-12-10-19(11-13-22)27(35)36)24-25(28)29-16-23(31-24)20-8-5-9-21(14-20)26(34)30-15-18-6-3-2-4-7-18/h2-14,16-17H,15H2,1H3,(H2,28,29)(H,30,34)(H,35,36). The monoisotopic (exact) mass is 480 g/mol. The molecule has 1 heterocycles. The average Bonchev–Trinajstić information content (AvgIpc) is 2.91. The number of rotatable bonds is 8. The molecule has 0 spiro atoms. The lowest BCUT2D eigenvalue weighted by Crippen LogP contribution is -2.22. The molecule has 0 saturated carbocycles. The highest BCUT2D eigenvalue weighted by atomic mass is 16.4. The van der Waals surface area contributed by atoms with E-state index in [-0.39, 0.29) is 17.3 Å². The third-order valence-electron chi connectivity index (χ3n) is 5.40. The Kier molecular flexibility index (Phi) is 7.40.